The second kappa shape index (κ2) is 6.79. The molecule has 7 nitrogen and oxygen atoms in total. The third kappa shape index (κ3) is 2.98. The molecular weight excluding hydrogens is 417 g/mol. The van der Waals surface area contributed by atoms with Gasteiger partial charge in [0.25, 0.3) is 5.56 Å². The molecule has 9 heteroatoms. The van der Waals surface area contributed by atoms with Gasteiger partial charge in [0, 0.05) is 24.0 Å². The summed E-state index contributed by atoms with van der Waals surface area (Å²) in [6, 6.07) is 2.87. The summed E-state index contributed by atoms with van der Waals surface area (Å²) in [6.45, 7) is 3.78. The third-order valence-electron chi connectivity index (χ3n) is 6.49. The van der Waals surface area contributed by atoms with Gasteiger partial charge in [-0.05, 0) is 44.2 Å². The van der Waals surface area contributed by atoms with Gasteiger partial charge in [-0.2, -0.15) is 0 Å². The molecule has 1 aromatic carbocycles. The zero-order valence-corrected chi connectivity index (χ0v) is 17.6. The van der Waals surface area contributed by atoms with E-state index in [2.05, 4.69) is 4.90 Å². The lowest BCUT2D eigenvalue weighted by Crippen LogP contribution is -2.36. The highest BCUT2D eigenvalue weighted by Gasteiger charge is 2.48. The Bertz CT molecular complexity index is 1080. The van der Waals surface area contributed by atoms with Crippen LogP contribution in [0.4, 0.5) is 5.69 Å². The first kappa shape index (κ1) is 20.3. The molecule has 0 spiro atoms. The van der Waals surface area contributed by atoms with Crippen molar-refractivity contribution in [1.29, 1.82) is 0 Å². The third-order valence-corrected chi connectivity index (χ3v) is 6.78. The summed E-state index contributed by atoms with van der Waals surface area (Å²) in [5.41, 5.74) is 7.00. The Labute approximate surface area is 178 Å². The lowest BCUT2D eigenvalue weighted by atomic mass is 9.97. The number of hydrogen-bond donors (Lipinski definition) is 2. The fourth-order valence-corrected chi connectivity index (χ4v) is 5.02. The minimum atomic E-state index is -1.24. The molecule has 2 aliphatic heterocycles. The zero-order valence-electron chi connectivity index (χ0n) is 16.0. The molecule has 1 saturated carbocycles. The van der Waals surface area contributed by atoms with E-state index < -0.39 is 11.5 Å². The maximum Gasteiger partial charge on any atom is 0.341 e. The van der Waals surface area contributed by atoms with Gasteiger partial charge in [0.15, 0.2) is 5.75 Å². The molecule has 1 saturated heterocycles. The smallest absolute Gasteiger partial charge is 0.341 e. The number of aromatic carboxylic acids is 1. The van der Waals surface area contributed by atoms with Gasteiger partial charge in [-0.25, -0.2) is 4.79 Å². The molecule has 2 fully saturated rings. The molecule has 0 radical (unpaired) electrons. The van der Waals surface area contributed by atoms with Gasteiger partial charge in [-0.3, -0.25) is 9.36 Å². The van der Waals surface area contributed by atoms with E-state index >= 15 is 0 Å². The number of hydrogen-bond acceptors (Lipinski definition) is 5. The molecule has 2 aromatic rings. The van der Waals surface area contributed by atoms with E-state index in [9.17, 15) is 14.7 Å². The van der Waals surface area contributed by atoms with Gasteiger partial charge in [0.1, 0.15) is 17.9 Å². The maximum atomic E-state index is 12.8. The maximum absolute atomic E-state index is 12.8. The van der Waals surface area contributed by atoms with Gasteiger partial charge in [-0.15, -0.1) is 12.4 Å². The number of carboxylic acids is 1. The van der Waals surface area contributed by atoms with E-state index in [-0.39, 0.29) is 36.2 Å². The molecule has 3 heterocycles. The average Bonchev–Trinajstić information content (AvgIpc) is 3.20. The minimum absolute atomic E-state index is 0. The summed E-state index contributed by atoms with van der Waals surface area (Å²) >= 11 is 6.64. The highest BCUT2D eigenvalue weighted by Crippen LogP contribution is 2.49. The van der Waals surface area contributed by atoms with E-state index in [0.29, 0.717) is 27.6 Å². The van der Waals surface area contributed by atoms with Gasteiger partial charge in [-0.1, -0.05) is 11.6 Å². The molecule has 0 amide bonds. The van der Waals surface area contributed by atoms with Gasteiger partial charge in [0.05, 0.1) is 16.6 Å². The second-order valence-corrected chi connectivity index (χ2v) is 8.74. The molecule has 3 aliphatic rings. The van der Waals surface area contributed by atoms with Crippen molar-refractivity contribution >= 4 is 46.6 Å². The number of aromatic nitrogens is 1. The number of carbonyl (C=O) groups is 1. The molecular formula is C20H23Cl2N3O4. The molecule has 1 aliphatic carbocycles. The zero-order chi connectivity index (χ0) is 19.8. The first-order valence-corrected chi connectivity index (χ1v) is 9.99. The van der Waals surface area contributed by atoms with Crippen molar-refractivity contribution in [3.05, 3.63) is 33.1 Å². The second-order valence-electron chi connectivity index (χ2n) is 8.34. The van der Waals surface area contributed by atoms with Crippen molar-refractivity contribution in [3.8, 4) is 5.75 Å². The van der Waals surface area contributed by atoms with Gasteiger partial charge < -0.3 is 20.5 Å². The Balaban J connectivity index is 0.00000205. The van der Waals surface area contributed by atoms with Crippen LogP contribution in [0.25, 0.3) is 10.9 Å². The van der Waals surface area contributed by atoms with Crippen molar-refractivity contribution in [2.45, 2.75) is 37.8 Å². The first-order valence-electron chi connectivity index (χ1n) is 9.62. The van der Waals surface area contributed by atoms with Crippen LogP contribution >= 0.6 is 24.0 Å². The number of carboxylic acid groups (broad SMARTS) is 1. The van der Waals surface area contributed by atoms with Crippen LogP contribution < -0.4 is 20.9 Å². The summed E-state index contributed by atoms with van der Waals surface area (Å²) in [7, 11) is 0. The van der Waals surface area contributed by atoms with Crippen molar-refractivity contribution in [3.63, 3.8) is 0 Å². The van der Waals surface area contributed by atoms with Gasteiger partial charge in [0.2, 0.25) is 0 Å². The number of halogens is 2. The van der Waals surface area contributed by atoms with Crippen molar-refractivity contribution in [1.82, 2.24) is 4.57 Å². The number of ether oxygens (including phenoxy) is 1. The molecule has 1 aromatic heterocycles. The van der Waals surface area contributed by atoms with E-state index in [0.717, 1.165) is 38.0 Å². The largest absolute Gasteiger partial charge is 0.487 e. The van der Waals surface area contributed by atoms with Crippen LogP contribution in [0.3, 0.4) is 0 Å². The number of pyridine rings is 1. The standard InChI is InChI=1S/C20H22ClN3O4.ClH/c1-10-9-28-17-15-11(6-13(19(26)27)18(25)24(10)15)7-14(21)16(17)23-5-2-12(8-23)20(22)3-4-20;/h6-7,10,12H,2-5,8-9,22H2,1H3,(H,26,27);1H/t10-,12+;/m0./s1. The van der Waals surface area contributed by atoms with Crippen molar-refractivity contribution < 1.29 is 14.6 Å². The topological polar surface area (TPSA) is 97.8 Å². The SMILES string of the molecule is C[C@H]1COc2c(N3CC[C@@H](C4(N)CC4)C3)c(Cl)cc3cc(C(=O)O)c(=O)n1c23.Cl. The Morgan fingerprint density at radius 1 is 1.38 bits per heavy atom. The van der Waals surface area contributed by atoms with Crippen molar-refractivity contribution in [2.75, 3.05) is 24.6 Å². The Kier molecular flexibility index (Phi) is 4.76. The molecule has 29 heavy (non-hydrogen) atoms. The average molecular weight is 440 g/mol. The van der Waals surface area contributed by atoms with Crippen LogP contribution in [0.5, 0.6) is 5.75 Å². The van der Waals surface area contributed by atoms with Crippen LogP contribution in [0.2, 0.25) is 5.02 Å². The normalized spacial score (nSPS) is 24.2. The number of benzene rings is 1. The summed E-state index contributed by atoms with van der Waals surface area (Å²) < 4.78 is 7.60. The van der Waals surface area contributed by atoms with Crippen molar-refractivity contribution in [2.24, 2.45) is 11.7 Å². The lowest BCUT2D eigenvalue weighted by Gasteiger charge is -2.31. The quantitative estimate of drug-likeness (QED) is 0.762. The molecule has 5 rings (SSSR count). The Hall–Kier alpha value is -1.96. The first-order chi connectivity index (χ1) is 13.3. The summed E-state index contributed by atoms with van der Waals surface area (Å²) in [6.07, 6.45) is 3.14. The monoisotopic (exact) mass is 439 g/mol. The van der Waals surface area contributed by atoms with Crippen LogP contribution in [0, 0.1) is 5.92 Å². The molecule has 0 bridgehead atoms. The summed E-state index contributed by atoms with van der Waals surface area (Å²) in [5, 5.41) is 10.5. The fourth-order valence-electron chi connectivity index (χ4n) is 4.70. The molecule has 2 atom stereocenters. The van der Waals surface area contributed by atoms with Crippen LogP contribution in [-0.2, 0) is 0 Å². The molecule has 0 unspecified atom stereocenters. The number of rotatable bonds is 3. The lowest BCUT2D eigenvalue weighted by molar-refractivity contribution is 0.0694. The fraction of sp³-hybridized carbons (Fsp3) is 0.500. The van der Waals surface area contributed by atoms with E-state index in [1.165, 1.54) is 10.6 Å². The predicted molar refractivity (Wildman–Crippen MR) is 114 cm³/mol. The van der Waals surface area contributed by atoms with E-state index in [4.69, 9.17) is 22.1 Å². The van der Waals surface area contributed by atoms with E-state index in [1.807, 2.05) is 6.92 Å². The van der Waals surface area contributed by atoms with Crippen LogP contribution in [-0.4, -0.2) is 40.9 Å². The Morgan fingerprint density at radius 2 is 2.10 bits per heavy atom. The highest BCUT2D eigenvalue weighted by molar-refractivity contribution is 6.35. The molecule has 156 valence electrons. The highest BCUT2D eigenvalue weighted by atomic mass is 35.5. The number of nitrogens with zero attached hydrogens (tertiary/aromatic N) is 2. The summed E-state index contributed by atoms with van der Waals surface area (Å²) in [5.74, 6) is -0.251. The van der Waals surface area contributed by atoms with Gasteiger partial charge >= 0.3 is 5.97 Å². The van der Waals surface area contributed by atoms with Crippen LogP contribution in [0.15, 0.2) is 16.9 Å². The van der Waals surface area contributed by atoms with E-state index in [1.54, 1.807) is 6.07 Å². The minimum Gasteiger partial charge on any atom is -0.487 e. The van der Waals surface area contributed by atoms with Crippen LogP contribution in [0.1, 0.15) is 42.6 Å². The molecule has 3 N–H and O–H groups in total. The number of anilines is 1. The predicted octanol–water partition coefficient (Wildman–Crippen LogP) is 3.05. The number of nitrogens with two attached hydrogens (primary N) is 1. The summed E-state index contributed by atoms with van der Waals surface area (Å²) in [4.78, 5) is 26.6. The Morgan fingerprint density at radius 3 is 2.76 bits per heavy atom.